The van der Waals surface area contributed by atoms with Crippen LogP contribution in [0.15, 0.2) is 12.3 Å². The molecule has 0 saturated heterocycles. The summed E-state index contributed by atoms with van der Waals surface area (Å²) in [5.41, 5.74) is 2.58. The first-order valence-corrected chi connectivity index (χ1v) is 8.07. The second-order valence-electron chi connectivity index (χ2n) is 6.44. The van der Waals surface area contributed by atoms with Crippen molar-refractivity contribution < 1.29 is 0 Å². The maximum Gasteiger partial charge on any atom is 0.0965 e. The molecule has 0 amide bonds. The lowest BCUT2D eigenvalue weighted by atomic mass is 10.1. The SMILES string of the molecule is CC(C)(C)n1cc(CNCc2cc3c(s2)CCC3)nn1. The number of rotatable bonds is 4. The average Bonchev–Trinajstić information content (AvgIpc) is 3.01. The molecule has 4 nitrogen and oxygen atoms in total. The lowest BCUT2D eigenvalue weighted by Crippen LogP contribution is -2.22. The molecule has 108 valence electrons. The van der Waals surface area contributed by atoms with Gasteiger partial charge in [-0.25, -0.2) is 4.68 Å². The molecule has 0 aromatic carbocycles. The zero-order valence-corrected chi connectivity index (χ0v) is 13.3. The zero-order chi connectivity index (χ0) is 14.2. The number of aromatic nitrogens is 3. The fourth-order valence-corrected chi connectivity index (χ4v) is 3.73. The highest BCUT2D eigenvalue weighted by molar-refractivity contribution is 7.12. The molecule has 3 rings (SSSR count). The Bertz CT molecular complexity index is 570. The molecule has 0 atom stereocenters. The van der Waals surface area contributed by atoms with Crippen LogP contribution in [0.2, 0.25) is 0 Å². The van der Waals surface area contributed by atoms with E-state index >= 15 is 0 Å². The molecule has 0 radical (unpaired) electrons. The van der Waals surface area contributed by atoms with Gasteiger partial charge in [0.2, 0.25) is 0 Å². The fraction of sp³-hybridized carbons (Fsp3) is 0.600. The number of nitrogens with zero attached hydrogens (tertiary/aromatic N) is 3. The Morgan fingerprint density at radius 1 is 1.30 bits per heavy atom. The summed E-state index contributed by atoms with van der Waals surface area (Å²) in [7, 11) is 0. The van der Waals surface area contributed by atoms with Crippen LogP contribution in [-0.4, -0.2) is 15.0 Å². The van der Waals surface area contributed by atoms with E-state index < -0.39 is 0 Å². The summed E-state index contributed by atoms with van der Waals surface area (Å²) in [5.74, 6) is 0. The van der Waals surface area contributed by atoms with Gasteiger partial charge in [-0.15, -0.1) is 16.4 Å². The van der Waals surface area contributed by atoms with Crippen molar-refractivity contribution in [2.24, 2.45) is 0 Å². The summed E-state index contributed by atoms with van der Waals surface area (Å²) in [6.45, 7) is 8.10. The molecule has 5 heteroatoms. The van der Waals surface area contributed by atoms with Crippen LogP contribution in [0.4, 0.5) is 0 Å². The first-order valence-electron chi connectivity index (χ1n) is 7.25. The molecular weight excluding hydrogens is 268 g/mol. The van der Waals surface area contributed by atoms with E-state index in [1.165, 1.54) is 24.1 Å². The molecule has 20 heavy (non-hydrogen) atoms. The third-order valence-corrected chi connectivity index (χ3v) is 4.87. The van der Waals surface area contributed by atoms with Crippen LogP contribution in [0, 0.1) is 0 Å². The smallest absolute Gasteiger partial charge is 0.0965 e. The van der Waals surface area contributed by atoms with Gasteiger partial charge in [0.05, 0.1) is 17.4 Å². The van der Waals surface area contributed by atoms with Gasteiger partial charge in [0.25, 0.3) is 0 Å². The van der Waals surface area contributed by atoms with Gasteiger partial charge < -0.3 is 5.32 Å². The second-order valence-corrected chi connectivity index (χ2v) is 7.66. The van der Waals surface area contributed by atoms with Crippen LogP contribution in [0.3, 0.4) is 0 Å². The number of fused-ring (bicyclic) bond motifs is 1. The molecule has 0 fully saturated rings. The number of hydrogen-bond donors (Lipinski definition) is 1. The number of nitrogens with one attached hydrogen (secondary N) is 1. The Morgan fingerprint density at radius 3 is 2.85 bits per heavy atom. The molecule has 2 heterocycles. The van der Waals surface area contributed by atoms with Gasteiger partial charge in [-0.2, -0.15) is 0 Å². The predicted octanol–water partition coefficient (Wildman–Crippen LogP) is 2.87. The van der Waals surface area contributed by atoms with Gasteiger partial charge in [-0.3, -0.25) is 0 Å². The van der Waals surface area contributed by atoms with Crippen molar-refractivity contribution in [3.05, 3.63) is 33.3 Å². The van der Waals surface area contributed by atoms with Crippen LogP contribution in [-0.2, 0) is 31.5 Å². The van der Waals surface area contributed by atoms with Gasteiger partial charge in [0.1, 0.15) is 0 Å². The summed E-state index contributed by atoms with van der Waals surface area (Å²) in [5, 5.41) is 11.9. The molecule has 0 saturated carbocycles. The molecule has 2 aromatic heterocycles. The van der Waals surface area contributed by atoms with E-state index in [4.69, 9.17) is 0 Å². The molecule has 1 aliphatic carbocycles. The topological polar surface area (TPSA) is 42.7 Å². The van der Waals surface area contributed by atoms with Crippen molar-refractivity contribution in [2.45, 2.75) is 58.7 Å². The Morgan fingerprint density at radius 2 is 2.15 bits per heavy atom. The van der Waals surface area contributed by atoms with Crippen LogP contribution in [0.1, 0.15) is 48.2 Å². The standard InChI is InChI=1S/C15H22N4S/c1-15(2,3)19-10-12(17-18-19)8-16-9-13-7-11-5-4-6-14(11)20-13/h7,10,16H,4-6,8-9H2,1-3H3. The molecule has 2 aromatic rings. The van der Waals surface area contributed by atoms with E-state index in [0.717, 1.165) is 18.8 Å². The monoisotopic (exact) mass is 290 g/mol. The Balaban J connectivity index is 1.53. The maximum atomic E-state index is 4.22. The summed E-state index contributed by atoms with van der Waals surface area (Å²) < 4.78 is 1.92. The number of aryl methyl sites for hydroxylation is 2. The quantitative estimate of drug-likeness (QED) is 0.941. The molecule has 0 unspecified atom stereocenters. The normalized spacial score (nSPS) is 14.8. The molecule has 0 aliphatic heterocycles. The van der Waals surface area contributed by atoms with Crippen molar-refractivity contribution in [1.82, 2.24) is 20.3 Å². The highest BCUT2D eigenvalue weighted by Gasteiger charge is 2.16. The van der Waals surface area contributed by atoms with Crippen LogP contribution in [0.5, 0.6) is 0 Å². The lowest BCUT2D eigenvalue weighted by molar-refractivity contribution is 0.347. The molecule has 1 N–H and O–H groups in total. The van der Waals surface area contributed by atoms with Gasteiger partial charge in [-0.05, 0) is 51.7 Å². The Hall–Kier alpha value is -1.20. The predicted molar refractivity (Wildman–Crippen MR) is 81.9 cm³/mol. The minimum atomic E-state index is -0.000192. The van der Waals surface area contributed by atoms with E-state index in [9.17, 15) is 0 Å². The second kappa shape index (κ2) is 5.30. The summed E-state index contributed by atoms with van der Waals surface area (Å²) in [6.07, 6.45) is 5.91. The van der Waals surface area contributed by atoms with E-state index in [1.54, 1.807) is 10.4 Å². The van der Waals surface area contributed by atoms with E-state index in [1.807, 2.05) is 22.2 Å². The zero-order valence-electron chi connectivity index (χ0n) is 12.4. The molecule has 0 spiro atoms. The van der Waals surface area contributed by atoms with Crippen LogP contribution >= 0.6 is 11.3 Å². The maximum absolute atomic E-state index is 4.22. The minimum absolute atomic E-state index is 0.000192. The van der Waals surface area contributed by atoms with E-state index in [0.29, 0.717) is 0 Å². The largest absolute Gasteiger partial charge is 0.306 e. The Kier molecular flexibility index (Phi) is 3.65. The van der Waals surface area contributed by atoms with Crippen LogP contribution in [0.25, 0.3) is 0 Å². The van der Waals surface area contributed by atoms with Gasteiger partial charge >= 0.3 is 0 Å². The van der Waals surface area contributed by atoms with Gasteiger partial charge in [0.15, 0.2) is 0 Å². The van der Waals surface area contributed by atoms with Crippen molar-refractivity contribution in [3.8, 4) is 0 Å². The highest BCUT2D eigenvalue weighted by Crippen LogP contribution is 2.30. The Labute approximate surface area is 124 Å². The van der Waals surface area contributed by atoms with Crippen LogP contribution < -0.4 is 5.32 Å². The van der Waals surface area contributed by atoms with E-state index in [-0.39, 0.29) is 5.54 Å². The molecular formula is C15H22N4S. The fourth-order valence-electron chi connectivity index (χ4n) is 2.50. The van der Waals surface area contributed by atoms with Crippen molar-refractivity contribution in [2.75, 3.05) is 0 Å². The van der Waals surface area contributed by atoms with Gasteiger partial charge in [-0.1, -0.05) is 5.21 Å². The number of hydrogen-bond acceptors (Lipinski definition) is 4. The minimum Gasteiger partial charge on any atom is -0.306 e. The summed E-state index contributed by atoms with van der Waals surface area (Å²) >= 11 is 1.96. The lowest BCUT2D eigenvalue weighted by Gasteiger charge is -2.17. The average molecular weight is 290 g/mol. The number of thiophene rings is 1. The van der Waals surface area contributed by atoms with E-state index in [2.05, 4.69) is 42.5 Å². The van der Waals surface area contributed by atoms with Crippen molar-refractivity contribution >= 4 is 11.3 Å². The highest BCUT2D eigenvalue weighted by atomic mass is 32.1. The summed E-state index contributed by atoms with van der Waals surface area (Å²) in [6, 6.07) is 2.37. The van der Waals surface area contributed by atoms with Crippen molar-refractivity contribution in [3.63, 3.8) is 0 Å². The van der Waals surface area contributed by atoms with Gasteiger partial charge in [0, 0.05) is 22.8 Å². The third-order valence-electron chi connectivity index (χ3n) is 3.63. The summed E-state index contributed by atoms with van der Waals surface area (Å²) in [4.78, 5) is 3.04. The molecule has 0 bridgehead atoms. The first-order chi connectivity index (χ1) is 9.52. The molecule has 1 aliphatic rings. The first kappa shape index (κ1) is 13.8. The van der Waals surface area contributed by atoms with Crippen molar-refractivity contribution in [1.29, 1.82) is 0 Å². The third kappa shape index (κ3) is 2.94.